The molecule has 0 spiro atoms. The molecular weight excluding hydrogens is 400 g/mol. The fourth-order valence-corrected chi connectivity index (χ4v) is 3.77. The van der Waals surface area contributed by atoms with Crippen molar-refractivity contribution in [2.75, 3.05) is 0 Å². The van der Waals surface area contributed by atoms with Gasteiger partial charge in [0.2, 0.25) is 5.88 Å². The number of benzene rings is 2. The minimum atomic E-state index is -0.834. The van der Waals surface area contributed by atoms with Crippen LogP contribution in [0.25, 0.3) is 0 Å². The molecule has 0 aromatic heterocycles. The Bertz CT molecular complexity index is 949. The molecule has 2 aromatic rings. The number of carbonyl (C=O) groups excluding carboxylic acids is 1. The summed E-state index contributed by atoms with van der Waals surface area (Å²) in [5, 5.41) is 0.642. The number of amides is 1. The first kappa shape index (κ1) is 21.8. The second kappa shape index (κ2) is 9.26. The highest BCUT2D eigenvalue weighted by Crippen LogP contribution is 2.32. The van der Waals surface area contributed by atoms with E-state index in [9.17, 15) is 4.79 Å². The highest BCUT2D eigenvalue weighted by Gasteiger charge is 2.33. The van der Waals surface area contributed by atoms with Crippen molar-refractivity contribution < 1.29 is 14.3 Å². The highest BCUT2D eigenvalue weighted by atomic mass is 35.5. The zero-order valence-corrected chi connectivity index (χ0v) is 18.2. The third-order valence-corrected chi connectivity index (χ3v) is 4.99. The van der Waals surface area contributed by atoms with Crippen molar-refractivity contribution in [1.82, 2.24) is 4.90 Å². The second-order valence-corrected chi connectivity index (χ2v) is 8.59. The zero-order valence-electron chi connectivity index (χ0n) is 17.5. The van der Waals surface area contributed by atoms with Gasteiger partial charge in [-0.2, -0.15) is 0 Å². The lowest BCUT2D eigenvalue weighted by atomic mass is 9.95. The van der Waals surface area contributed by atoms with Crippen LogP contribution in [0.4, 0.5) is 4.79 Å². The van der Waals surface area contributed by atoms with Gasteiger partial charge in [0.05, 0.1) is 6.04 Å². The van der Waals surface area contributed by atoms with Gasteiger partial charge < -0.3 is 20.1 Å². The summed E-state index contributed by atoms with van der Waals surface area (Å²) in [6, 6.07) is 15.6. The van der Waals surface area contributed by atoms with Gasteiger partial charge in [0.25, 0.3) is 0 Å². The summed E-state index contributed by atoms with van der Waals surface area (Å²) in [5.74, 6) is 1.20. The van der Waals surface area contributed by atoms with Crippen LogP contribution >= 0.6 is 11.6 Å². The Labute approximate surface area is 182 Å². The first-order valence-corrected chi connectivity index (χ1v) is 10.2. The van der Waals surface area contributed by atoms with Gasteiger partial charge in [0.15, 0.2) is 0 Å². The predicted octanol–water partition coefficient (Wildman–Crippen LogP) is 5.44. The van der Waals surface area contributed by atoms with Crippen LogP contribution in [0.5, 0.6) is 5.75 Å². The van der Waals surface area contributed by atoms with Crippen LogP contribution < -0.4 is 10.5 Å². The van der Waals surface area contributed by atoms with Gasteiger partial charge in [-0.3, -0.25) is 0 Å². The van der Waals surface area contributed by atoms with Crippen LogP contribution in [-0.4, -0.2) is 22.6 Å². The maximum Gasteiger partial charge on any atom is 0.411 e. The third-order valence-electron chi connectivity index (χ3n) is 4.76. The van der Waals surface area contributed by atoms with Crippen molar-refractivity contribution in [3.05, 3.63) is 88.8 Å². The highest BCUT2D eigenvalue weighted by molar-refractivity contribution is 6.30. The normalized spacial score (nSPS) is 16.2. The summed E-state index contributed by atoms with van der Waals surface area (Å²) in [6.45, 7) is 6.64. The van der Waals surface area contributed by atoms with E-state index in [2.05, 4.69) is 26.8 Å². The summed E-state index contributed by atoms with van der Waals surface area (Å²) in [4.78, 5) is 13.4. The molecule has 158 valence electrons. The van der Waals surface area contributed by atoms with Crippen LogP contribution in [0.15, 0.2) is 72.6 Å². The van der Waals surface area contributed by atoms with Crippen molar-refractivity contribution in [2.45, 2.75) is 45.4 Å². The fourth-order valence-electron chi connectivity index (χ4n) is 3.58. The molecule has 0 saturated heterocycles. The Morgan fingerprint density at radius 2 is 1.90 bits per heavy atom. The third kappa shape index (κ3) is 5.57. The number of nitrogens with two attached hydrogens (primary N) is 1. The Morgan fingerprint density at radius 1 is 1.17 bits per heavy atom. The average molecular weight is 427 g/mol. The average Bonchev–Trinajstić information content (AvgIpc) is 2.67. The molecule has 0 bridgehead atoms. The SMILES string of the molecule is CC(C)(C)N1C(OC(N)=O)=CC=CC1Cc1cc(Cl)ccc1OCc1ccccc1. The molecule has 0 aliphatic carbocycles. The van der Waals surface area contributed by atoms with Crippen LogP contribution in [-0.2, 0) is 17.8 Å². The summed E-state index contributed by atoms with van der Waals surface area (Å²) in [5.41, 5.74) is 7.04. The Morgan fingerprint density at radius 3 is 2.57 bits per heavy atom. The van der Waals surface area contributed by atoms with Crippen molar-refractivity contribution in [2.24, 2.45) is 5.73 Å². The number of primary amides is 1. The standard InChI is InChI=1S/C24H27ClN2O3/c1-24(2,3)27-20(10-7-11-22(27)30-23(26)28)15-18-14-19(25)12-13-21(18)29-16-17-8-5-4-6-9-17/h4-14,20H,15-16H2,1-3H3,(H2,26,28). The van der Waals surface area contributed by atoms with Crippen LogP contribution in [0, 0.1) is 0 Å². The van der Waals surface area contributed by atoms with E-state index in [1.165, 1.54) is 0 Å². The van der Waals surface area contributed by atoms with Gasteiger partial charge in [0, 0.05) is 17.0 Å². The molecule has 0 saturated carbocycles. The van der Waals surface area contributed by atoms with Crippen molar-refractivity contribution in [1.29, 1.82) is 0 Å². The molecular formula is C24H27ClN2O3. The minimum Gasteiger partial charge on any atom is -0.489 e. The number of halogens is 1. The lowest BCUT2D eigenvalue weighted by molar-refractivity contribution is 0.0634. The monoisotopic (exact) mass is 426 g/mol. The van der Waals surface area contributed by atoms with Crippen LogP contribution in [0.3, 0.4) is 0 Å². The summed E-state index contributed by atoms with van der Waals surface area (Å²) in [6.07, 6.45) is 5.48. The van der Waals surface area contributed by atoms with E-state index in [0.717, 1.165) is 16.9 Å². The molecule has 1 atom stereocenters. The molecule has 2 aromatic carbocycles. The molecule has 1 aliphatic rings. The molecule has 1 aliphatic heterocycles. The van der Waals surface area contributed by atoms with Crippen molar-refractivity contribution >= 4 is 17.7 Å². The molecule has 3 rings (SSSR count). The largest absolute Gasteiger partial charge is 0.489 e. The van der Waals surface area contributed by atoms with E-state index < -0.39 is 6.09 Å². The second-order valence-electron chi connectivity index (χ2n) is 8.15. The van der Waals surface area contributed by atoms with Gasteiger partial charge in [-0.1, -0.05) is 54.1 Å². The maximum atomic E-state index is 11.4. The van der Waals surface area contributed by atoms with Crippen LogP contribution in [0.2, 0.25) is 5.02 Å². The molecule has 6 heteroatoms. The number of carbonyl (C=O) groups is 1. The Hall–Kier alpha value is -2.92. The number of hydrogen-bond acceptors (Lipinski definition) is 4. The first-order chi connectivity index (χ1) is 14.2. The minimum absolute atomic E-state index is 0.0677. The van der Waals surface area contributed by atoms with Gasteiger partial charge >= 0.3 is 6.09 Å². The van der Waals surface area contributed by atoms with Gasteiger partial charge in [0.1, 0.15) is 12.4 Å². The first-order valence-electron chi connectivity index (χ1n) is 9.84. The molecule has 1 heterocycles. The molecule has 0 fully saturated rings. The van der Waals surface area contributed by atoms with Crippen LogP contribution in [0.1, 0.15) is 31.9 Å². The number of ether oxygens (including phenoxy) is 2. The quantitative estimate of drug-likeness (QED) is 0.668. The fraction of sp³-hybridized carbons (Fsp3) is 0.292. The van der Waals surface area contributed by atoms with Gasteiger partial charge in [-0.25, -0.2) is 4.79 Å². The van der Waals surface area contributed by atoms with Crippen molar-refractivity contribution in [3.63, 3.8) is 0 Å². The van der Waals surface area contributed by atoms with Gasteiger partial charge in [-0.15, -0.1) is 0 Å². The Kier molecular flexibility index (Phi) is 6.73. The predicted molar refractivity (Wildman–Crippen MR) is 119 cm³/mol. The molecule has 5 nitrogen and oxygen atoms in total. The summed E-state index contributed by atoms with van der Waals surface area (Å²) >= 11 is 6.29. The van der Waals surface area contributed by atoms with E-state index in [1.807, 2.05) is 59.5 Å². The molecule has 30 heavy (non-hydrogen) atoms. The summed E-state index contributed by atoms with van der Waals surface area (Å²) < 4.78 is 11.4. The van der Waals surface area contributed by atoms with Gasteiger partial charge in [-0.05, 0) is 56.2 Å². The number of allylic oxidation sites excluding steroid dienone is 2. The Balaban J connectivity index is 1.85. The van der Waals surface area contributed by atoms with E-state index in [-0.39, 0.29) is 11.6 Å². The van der Waals surface area contributed by atoms with E-state index >= 15 is 0 Å². The lowest BCUT2D eigenvalue weighted by Gasteiger charge is -2.44. The topological polar surface area (TPSA) is 64.8 Å². The lowest BCUT2D eigenvalue weighted by Crippen LogP contribution is -2.49. The van der Waals surface area contributed by atoms with Crippen molar-refractivity contribution in [3.8, 4) is 5.75 Å². The van der Waals surface area contributed by atoms with E-state index in [0.29, 0.717) is 23.9 Å². The number of nitrogens with zero attached hydrogens (tertiary/aromatic N) is 1. The molecule has 0 radical (unpaired) electrons. The zero-order chi connectivity index (χ0) is 21.7. The van der Waals surface area contributed by atoms with E-state index in [1.54, 1.807) is 6.08 Å². The summed E-state index contributed by atoms with van der Waals surface area (Å²) in [7, 11) is 0. The number of rotatable bonds is 6. The molecule has 1 amide bonds. The maximum absolute atomic E-state index is 11.4. The number of hydrogen-bond donors (Lipinski definition) is 1. The molecule has 1 unspecified atom stereocenters. The van der Waals surface area contributed by atoms with E-state index in [4.69, 9.17) is 26.8 Å². The molecule has 2 N–H and O–H groups in total. The smallest absolute Gasteiger partial charge is 0.411 e.